The topological polar surface area (TPSA) is 71.7 Å². The Bertz CT molecular complexity index is 1150. The number of aliphatic carboxylic acids is 1. The number of rotatable bonds is 4. The summed E-state index contributed by atoms with van der Waals surface area (Å²) in [5, 5.41) is 20.7. The number of hydrogen-bond acceptors (Lipinski definition) is 3. The average Bonchev–Trinajstić information content (AvgIpc) is 3.46. The van der Waals surface area contributed by atoms with Gasteiger partial charge >= 0.3 is 5.97 Å². The molecule has 1 saturated heterocycles. The molecule has 30 heavy (non-hydrogen) atoms. The first-order valence-corrected chi connectivity index (χ1v) is 10.4. The molecule has 0 radical (unpaired) electrons. The average molecular weight is 409 g/mol. The Balaban J connectivity index is 1.81. The summed E-state index contributed by atoms with van der Waals surface area (Å²) < 4.78 is 21.7. The molecule has 3 aromatic rings. The van der Waals surface area contributed by atoms with E-state index in [1.54, 1.807) is 25.1 Å². The molecule has 2 aliphatic rings. The minimum Gasteiger partial charge on any atom is -0.508 e. The molecular formula is C24H24FNO4. The standard InChI is InChI=1S/C24H24FNO4/c1-13-10-15(2-4-20(13)25)26-21-5-3-16(27)11-19(21)22(17-12-18(17)24(28)29)23(26)14-6-8-30-9-7-14/h2-5,10-11,14,17-18,27H,6-9,12H2,1H3,(H,28,29)/t17-,18-/m0/s1. The maximum absolute atomic E-state index is 14.0. The molecule has 0 spiro atoms. The first kappa shape index (κ1) is 19.1. The molecule has 2 aromatic carbocycles. The van der Waals surface area contributed by atoms with Crippen molar-refractivity contribution in [2.24, 2.45) is 5.92 Å². The second-order valence-corrected chi connectivity index (χ2v) is 8.44. The van der Waals surface area contributed by atoms with E-state index in [4.69, 9.17) is 4.74 Å². The fourth-order valence-electron chi connectivity index (χ4n) is 4.92. The highest BCUT2D eigenvalue weighted by molar-refractivity contribution is 5.91. The number of aromatic nitrogens is 1. The molecule has 2 atom stereocenters. The second kappa shape index (κ2) is 7.13. The van der Waals surface area contributed by atoms with Crippen molar-refractivity contribution in [3.63, 3.8) is 0 Å². The van der Waals surface area contributed by atoms with Crippen LogP contribution in [0.4, 0.5) is 4.39 Å². The number of ether oxygens (including phenoxy) is 1. The third-order valence-corrected chi connectivity index (χ3v) is 6.51. The Morgan fingerprint density at radius 3 is 2.60 bits per heavy atom. The fourth-order valence-corrected chi connectivity index (χ4v) is 4.92. The first-order chi connectivity index (χ1) is 14.5. The minimum atomic E-state index is -0.781. The van der Waals surface area contributed by atoms with Gasteiger partial charge in [0, 0.05) is 41.8 Å². The number of carboxylic acids is 1. The number of aryl methyl sites for hydroxylation is 1. The van der Waals surface area contributed by atoms with E-state index >= 15 is 0 Å². The van der Waals surface area contributed by atoms with Gasteiger partial charge in [0.15, 0.2) is 0 Å². The van der Waals surface area contributed by atoms with Gasteiger partial charge in [0.25, 0.3) is 0 Å². The summed E-state index contributed by atoms with van der Waals surface area (Å²) >= 11 is 0. The lowest BCUT2D eigenvalue weighted by Gasteiger charge is -2.26. The lowest BCUT2D eigenvalue weighted by molar-refractivity contribution is -0.138. The monoisotopic (exact) mass is 409 g/mol. The van der Waals surface area contributed by atoms with Gasteiger partial charge in [0.05, 0.1) is 11.4 Å². The Morgan fingerprint density at radius 2 is 1.93 bits per heavy atom. The van der Waals surface area contributed by atoms with E-state index < -0.39 is 11.9 Å². The van der Waals surface area contributed by atoms with Gasteiger partial charge < -0.3 is 19.5 Å². The molecule has 0 unspecified atom stereocenters. The van der Waals surface area contributed by atoms with Crippen LogP contribution in [0.5, 0.6) is 5.75 Å². The van der Waals surface area contributed by atoms with Gasteiger partial charge in [-0.25, -0.2) is 4.39 Å². The predicted octanol–water partition coefficient (Wildman–Crippen LogP) is 4.87. The van der Waals surface area contributed by atoms with Crippen LogP contribution in [0.1, 0.15) is 47.9 Å². The molecule has 1 aliphatic carbocycles. The molecule has 1 saturated carbocycles. The van der Waals surface area contributed by atoms with Crippen molar-refractivity contribution in [2.75, 3.05) is 13.2 Å². The highest BCUT2D eigenvalue weighted by Gasteiger charge is 2.48. The number of carbonyl (C=O) groups is 1. The number of nitrogens with zero attached hydrogens (tertiary/aromatic N) is 1. The molecule has 5 rings (SSSR count). The normalized spacial score (nSPS) is 21.8. The van der Waals surface area contributed by atoms with Crippen LogP contribution in [-0.4, -0.2) is 34.0 Å². The minimum absolute atomic E-state index is 0.0764. The molecule has 5 nitrogen and oxygen atoms in total. The Hall–Kier alpha value is -2.86. The van der Waals surface area contributed by atoms with Crippen LogP contribution >= 0.6 is 0 Å². The number of hydrogen-bond donors (Lipinski definition) is 2. The highest BCUT2D eigenvalue weighted by Crippen LogP contribution is 2.54. The molecule has 2 fully saturated rings. The van der Waals surface area contributed by atoms with Crippen molar-refractivity contribution in [1.82, 2.24) is 4.57 Å². The summed E-state index contributed by atoms with van der Waals surface area (Å²) in [6.07, 6.45) is 2.29. The van der Waals surface area contributed by atoms with Gasteiger partial charge in [-0.2, -0.15) is 0 Å². The summed E-state index contributed by atoms with van der Waals surface area (Å²) in [6, 6.07) is 10.3. The number of aromatic hydroxyl groups is 1. The van der Waals surface area contributed by atoms with Crippen molar-refractivity contribution in [2.45, 2.75) is 38.0 Å². The molecule has 1 aliphatic heterocycles. The van der Waals surface area contributed by atoms with Crippen LogP contribution in [0, 0.1) is 18.7 Å². The zero-order chi connectivity index (χ0) is 21.0. The maximum atomic E-state index is 14.0. The van der Waals surface area contributed by atoms with Crippen LogP contribution < -0.4 is 0 Å². The molecule has 0 amide bonds. The SMILES string of the molecule is Cc1cc(-n2c(C3CCOCC3)c([C@H]3C[C@@H]3C(=O)O)c3cc(O)ccc32)ccc1F. The molecule has 6 heteroatoms. The molecule has 156 valence electrons. The van der Waals surface area contributed by atoms with Crippen LogP contribution in [-0.2, 0) is 9.53 Å². The smallest absolute Gasteiger partial charge is 0.307 e. The van der Waals surface area contributed by atoms with Gasteiger partial charge in [-0.1, -0.05) is 0 Å². The lowest BCUT2D eigenvalue weighted by atomic mass is 9.90. The summed E-state index contributed by atoms with van der Waals surface area (Å²) in [6.45, 7) is 3.06. The van der Waals surface area contributed by atoms with Gasteiger partial charge in [0.1, 0.15) is 11.6 Å². The van der Waals surface area contributed by atoms with E-state index in [0.717, 1.165) is 40.7 Å². The molecular weight excluding hydrogens is 385 g/mol. The van der Waals surface area contributed by atoms with Gasteiger partial charge in [-0.05, 0) is 73.7 Å². The largest absolute Gasteiger partial charge is 0.508 e. The number of phenols is 1. The third-order valence-electron chi connectivity index (χ3n) is 6.51. The van der Waals surface area contributed by atoms with Crippen molar-refractivity contribution < 1.29 is 24.1 Å². The van der Waals surface area contributed by atoms with E-state index in [2.05, 4.69) is 4.57 Å². The van der Waals surface area contributed by atoms with E-state index in [1.807, 2.05) is 12.1 Å². The number of fused-ring (bicyclic) bond motifs is 1. The quantitative estimate of drug-likeness (QED) is 0.645. The highest BCUT2D eigenvalue weighted by atomic mass is 19.1. The van der Waals surface area contributed by atoms with Gasteiger partial charge in [-0.3, -0.25) is 4.79 Å². The van der Waals surface area contributed by atoms with E-state index in [1.165, 1.54) is 6.07 Å². The first-order valence-electron chi connectivity index (χ1n) is 10.4. The number of halogens is 1. The lowest BCUT2D eigenvalue weighted by Crippen LogP contribution is -2.18. The van der Waals surface area contributed by atoms with Crippen molar-refractivity contribution >= 4 is 16.9 Å². The third kappa shape index (κ3) is 3.06. The van der Waals surface area contributed by atoms with Gasteiger partial charge in [-0.15, -0.1) is 0 Å². The maximum Gasteiger partial charge on any atom is 0.307 e. The van der Waals surface area contributed by atoms with Crippen LogP contribution in [0.25, 0.3) is 16.6 Å². The van der Waals surface area contributed by atoms with Crippen molar-refractivity contribution in [3.8, 4) is 11.4 Å². The summed E-state index contributed by atoms with van der Waals surface area (Å²) in [4.78, 5) is 11.7. The summed E-state index contributed by atoms with van der Waals surface area (Å²) in [7, 11) is 0. The van der Waals surface area contributed by atoms with E-state index in [-0.39, 0.29) is 23.4 Å². The van der Waals surface area contributed by atoms with Crippen molar-refractivity contribution in [1.29, 1.82) is 0 Å². The van der Waals surface area contributed by atoms with Crippen LogP contribution in [0.2, 0.25) is 0 Å². The Labute approximate surface area is 173 Å². The molecule has 1 aromatic heterocycles. The second-order valence-electron chi connectivity index (χ2n) is 8.44. The Morgan fingerprint density at radius 1 is 1.17 bits per heavy atom. The zero-order valence-electron chi connectivity index (χ0n) is 16.8. The van der Waals surface area contributed by atoms with Crippen LogP contribution in [0.15, 0.2) is 36.4 Å². The van der Waals surface area contributed by atoms with Gasteiger partial charge in [0.2, 0.25) is 0 Å². The molecule has 0 bridgehead atoms. The fraction of sp³-hybridized carbons (Fsp3) is 0.375. The van der Waals surface area contributed by atoms with Crippen molar-refractivity contribution in [3.05, 3.63) is 59.0 Å². The predicted molar refractivity (Wildman–Crippen MR) is 111 cm³/mol. The molecule has 2 heterocycles. The summed E-state index contributed by atoms with van der Waals surface area (Å²) in [5.41, 5.74) is 4.42. The number of benzene rings is 2. The zero-order valence-corrected chi connectivity index (χ0v) is 16.8. The summed E-state index contributed by atoms with van der Waals surface area (Å²) in [5.74, 6) is -1.15. The van der Waals surface area contributed by atoms with E-state index in [0.29, 0.717) is 25.2 Å². The van der Waals surface area contributed by atoms with E-state index in [9.17, 15) is 19.4 Å². The Kier molecular flexibility index (Phi) is 4.54. The number of phenolic OH excluding ortho intramolecular Hbond substituents is 1. The van der Waals surface area contributed by atoms with Crippen LogP contribution in [0.3, 0.4) is 0 Å². The molecule has 2 N–H and O–H groups in total. The number of carboxylic acid groups (broad SMARTS) is 1.